The van der Waals surface area contributed by atoms with Crippen LogP contribution in [0, 0.1) is 0 Å². The average Bonchev–Trinajstić information content (AvgIpc) is 2.15. The zero-order valence-corrected chi connectivity index (χ0v) is 5.88. The van der Waals surface area contributed by atoms with Gasteiger partial charge in [-0.15, -0.1) is 0 Å². The predicted octanol–water partition coefficient (Wildman–Crippen LogP) is 0.205. The second kappa shape index (κ2) is 2.99. The first-order valence-corrected chi connectivity index (χ1v) is 3.42. The van der Waals surface area contributed by atoms with Crippen molar-refractivity contribution in [2.45, 2.75) is 13.0 Å². The number of nitrogens with zero attached hydrogens (tertiary/aromatic N) is 1. The van der Waals surface area contributed by atoms with Crippen molar-refractivity contribution in [2.75, 3.05) is 19.6 Å². The van der Waals surface area contributed by atoms with Crippen molar-refractivity contribution in [2.24, 2.45) is 5.73 Å². The fourth-order valence-corrected chi connectivity index (χ4v) is 1.08. The number of hydrogen-bond acceptors (Lipinski definition) is 2. The lowest BCUT2D eigenvalue weighted by atomic mass is 10.3. The molecule has 1 heterocycles. The summed E-state index contributed by atoms with van der Waals surface area (Å²) in [7, 11) is 0. The SMILES string of the molecule is CC(N)CN1CC=CC1. The Morgan fingerprint density at radius 3 is 2.56 bits per heavy atom. The molecule has 2 heteroatoms. The van der Waals surface area contributed by atoms with Crippen molar-refractivity contribution in [3.8, 4) is 0 Å². The summed E-state index contributed by atoms with van der Waals surface area (Å²) in [5.74, 6) is 0. The van der Waals surface area contributed by atoms with Crippen LogP contribution in [-0.2, 0) is 0 Å². The van der Waals surface area contributed by atoms with E-state index in [9.17, 15) is 0 Å². The van der Waals surface area contributed by atoms with Crippen LogP contribution in [0.15, 0.2) is 12.2 Å². The van der Waals surface area contributed by atoms with E-state index in [0.717, 1.165) is 19.6 Å². The van der Waals surface area contributed by atoms with Gasteiger partial charge in [0.25, 0.3) is 0 Å². The minimum Gasteiger partial charge on any atom is -0.327 e. The largest absolute Gasteiger partial charge is 0.327 e. The summed E-state index contributed by atoms with van der Waals surface area (Å²) in [5.41, 5.74) is 5.60. The molecule has 0 aliphatic carbocycles. The highest BCUT2D eigenvalue weighted by atomic mass is 15.1. The first-order chi connectivity index (χ1) is 4.29. The van der Waals surface area contributed by atoms with Crippen molar-refractivity contribution in [3.63, 3.8) is 0 Å². The van der Waals surface area contributed by atoms with Gasteiger partial charge in [0.05, 0.1) is 0 Å². The summed E-state index contributed by atoms with van der Waals surface area (Å²) in [6, 6.07) is 0.310. The topological polar surface area (TPSA) is 29.3 Å². The molecular weight excluding hydrogens is 112 g/mol. The van der Waals surface area contributed by atoms with Crippen LogP contribution < -0.4 is 5.73 Å². The van der Waals surface area contributed by atoms with Gasteiger partial charge in [-0.25, -0.2) is 0 Å². The monoisotopic (exact) mass is 126 g/mol. The zero-order valence-electron chi connectivity index (χ0n) is 5.88. The third-order valence-corrected chi connectivity index (χ3v) is 1.44. The Labute approximate surface area is 56.3 Å². The molecule has 2 N–H and O–H groups in total. The van der Waals surface area contributed by atoms with Gasteiger partial charge in [-0.3, -0.25) is 4.90 Å². The Bertz CT molecular complexity index is 99.5. The van der Waals surface area contributed by atoms with E-state index in [1.54, 1.807) is 0 Å². The van der Waals surface area contributed by atoms with Crippen molar-refractivity contribution in [1.29, 1.82) is 0 Å². The van der Waals surface area contributed by atoms with E-state index in [1.807, 2.05) is 6.92 Å². The van der Waals surface area contributed by atoms with Crippen LogP contribution in [0.4, 0.5) is 0 Å². The quantitative estimate of drug-likeness (QED) is 0.536. The van der Waals surface area contributed by atoms with Gasteiger partial charge in [0.15, 0.2) is 0 Å². The normalized spacial score (nSPS) is 22.9. The molecule has 9 heavy (non-hydrogen) atoms. The Balaban J connectivity index is 2.14. The molecule has 1 aliphatic heterocycles. The standard InChI is InChI=1S/C7H14N2/c1-7(8)6-9-4-2-3-5-9/h2-3,7H,4-6,8H2,1H3. The molecule has 0 aromatic heterocycles. The van der Waals surface area contributed by atoms with E-state index in [0.29, 0.717) is 6.04 Å². The van der Waals surface area contributed by atoms with E-state index in [2.05, 4.69) is 17.1 Å². The third kappa shape index (κ3) is 2.16. The van der Waals surface area contributed by atoms with Gasteiger partial charge in [0, 0.05) is 25.7 Å². The maximum atomic E-state index is 5.60. The van der Waals surface area contributed by atoms with E-state index in [4.69, 9.17) is 5.73 Å². The summed E-state index contributed by atoms with van der Waals surface area (Å²) in [6.07, 6.45) is 4.37. The molecule has 0 aromatic rings. The molecule has 1 rings (SSSR count). The smallest absolute Gasteiger partial charge is 0.0167 e. The lowest BCUT2D eigenvalue weighted by molar-refractivity contribution is 0.333. The Morgan fingerprint density at radius 2 is 2.11 bits per heavy atom. The molecule has 52 valence electrons. The van der Waals surface area contributed by atoms with Crippen LogP contribution in [0.3, 0.4) is 0 Å². The van der Waals surface area contributed by atoms with Crippen molar-refractivity contribution < 1.29 is 0 Å². The van der Waals surface area contributed by atoms with E-state index in [1.165, 1.54) is 0 Å². The van der Waals surface area contributed by atoms with Gasteiger partial charge in [0.1, 0.15) is 0 Å². The molecule has 1 aliphatic rings. The molecule has 0 spiro atoms. The highest BCUT2D eigenvalue weighted by molar-refractivity contribution is 4.95. The fraction of sp³-hybridized carbons (Fsp3) is 0.714. The highest BCUT2D eigenvalue weighted by Gasteiger charge is 2.06. The summed E-state index contributed by atoms with van der Waals surface area (Å²) in [5, 5.41) is 0. The van der Waals surface area contributed by atoms with Crippen LogP contribution in [-0.4, -0.2) is 30.6 Å². The molecule has 1 atom stereocenters. The first kappa shape index (κ1) is 6.78. The predicted molar refractivity (Wildman–Crippen MR) is 39.2 cm³/mol. The number of rotatable bonds is 2. The van der Waals surface area contributed by atoms with Crippen molar-refractivity contribution in [3.05, 3.63) is 12.2 Å². The first-order valence-electron chi connectivity index (χ1n) is 3.42. The number of nitrogens with two attached hydrogens (primary N) is 1. The molecule has 0 fully saturated rings. The summed E-state index contributed by atoms with van der Waals surface area (Å²) in [4.78, 5) is 2.32. The maximum Gasteiger partial charge on any atom is 0.0167 e. The fourth-order valence-electron chi connectivity index (χ4n) is 1.08. The Hall–Kier alpha value is -0.340. The summed E-state index contributed by atoms with van der Waals surface area (Å²) in [6.45, 7) is 5.23. The lowest BCUT2D eigenvalue weighted by Crippen LogP contribution is -2.33. The van der Waals surface area contributed by atoms with Gasteiger partial charge in [0.2, 0.25) is 0 Å². The van der Waals surface area contributed by atoms with Gasteiger partial charge in [-0.05, 0) is 6.92 Å². The summed E-state index contributed by atoms with van der Waals surface area (Å²) >= 11 is 0. The Kier molecular flexibility index (Phi) is 2.25. The van der Waals surface area contributed by atoms with Crippen molar-refractivity contribution in [1.82, 2.24) is 4.90 Å². The van der Waals surface area contributed by atoms with E-state index < -0.39 is 0 Å². The van der Waals surface area contributed by atoms with Crippen molar-refractivity contribution >= 4 is 0 Å². The Morgan fingerprint density at radius 1 is 1.56 bits per heavy atom. The molecule has 0 saturated carbocycles. The minimum absolute atomic E-state index is 0.310. The van der Waals surface area contributed by atoms with Gasteiger partial charge >= 0.3 is 0 Å². The van der Waals surface area contributed by atoms with Crippen LogP contribution in [0.1, 0.15) is 6.92 Å². The van der Waals surface area contributed by atoms with Crippen LogP contribution in [0.5, 0.6) is 0 Å². The molecule has 0 amide bonds. The molecule has 2 nitrogen and oxygen atoms in total. The summed E-state index contributed by atoms with van der Waals surface area (Å²) < 4.78 is 0. The molecule has 0 radical (unpaired) electrons. The average molecular weight is 126 g/mol. The lowest BCUT2D eigenvalue weighted by Gasteiger charge is -2.16. The second-order valence-corrected chi connectivity index (χ2v) is 2.67. The maximum absolute atomic E-state index is 5.60. The third-order valence-electron chi connectivity index (χ3n) is 1.44. The van der Waals surface area contributed by atoms with Crippen LogP contribution in [0.2, 0.25) is 0 Å². The molecular formula is C7H14N2. The van der Waals surface area contributed by atoms with Gasteiger partial charge in [-0.2, -0.15) is 0 Å². The van der Waals surface area contributed by atoms with Gasteiger partial charge < -0.3 is 5.73 Å². The minimum atomic E-state index is 0.310. The molecule has 1 unspecified atom stereocenters. The second-order valence-electron chi connectivity index (χ2n) is 2.67. The number of hydrogen-bond donors (Lipinski definition) is 1. The highest BCUT2D eigenvalue weighted by Crippen LogP contribution is 1.97. The molecule has 0 bridgehead atoms. The van der Waals surface area contributed by atoms with Crippen LogP contribution in [0.25, 0.3) is 0 Å². The zero-order chi connectivity index (χ0) is 6.69. The van der Waals surface area contributed by atoms with Crippen LogP contribution >= 0.6 is 0 Å². The van der Waals surface area contributed by atoms with E-state index in [-0.39, 0.29) is 0 Å². The molecule has 0 saturated heterocycles. The van der Waals surface area contributed by atoms with Gasteiger partial charge in [-0.1, -0.05) is 12.2 Å². The van der Waals surface area contributed by atoms with E-state index >= 15 is 0 Å². The molecule has 0 aromatic carbocycles.